The average Bonchev–Trinajstić information content (AvgIpc) is 2.52. The fourth-order valence-electron chi connectivity index (χ4n) is 3.97. The van der Waals surface area contributed by atoms with Gasteiger partial charge in [0.25, 0.3) is 0 Å². The third kappa shape index (κ3) is 0.656. The quantitative estimate of drug-likeness (QED) is 0.568. The van der Waals surface area contributed by atoms with Crippen LogP contribution in [0.5, 0.6) is 0 Å². The monoisotopic (exact) mass is 231 g/mol. The molecule has 0 aromatic carbocycles. The first-order valence-electron chi connectivity index (χ1n) is 4.78. The molecule has 5 nitrogen and oxygen atoms in total. The number of hydrogen-bond acceptors (Lipinski definition) is 3. The van der Waals surface area contributed by atoms with Crippen molar-refractivity contribution in [1.82, 2.24) is 0 Å². The van der Waals surface area contributed by atoms with E-state index in [0.717, 1.165) is 0 Å². The van der Waals surface area contributed by atoms with Crippen molar-refractivity contribution < 1.29 is 19.8 Å². The zero-order valence-corrected chi connectivity index (χ0v) is 8.44. The maximum Gasteiger partial charge on any atom is 0.324 e. The number of carboxylic acid groups (broad SMARTS) is 2. The van der Waals surface area contributed by atoms with Gasteiger partial charge >= 0.3 is 11.9 Å². The molecule has 82 valence electrons. The third-order valence-electron chi connectivity index (χ3n) is 4.58. The highest BCUT2D eigenvalue weighted by molar-refractivity contribution is 6.23. The Morgan fingerprint density at radius 2 is 1.93 bits per heavy atom. The molecule has 0 radical (unpaired) electrons. The summed E-state index contributed by atoms with van der Waals surface area (Å²) in [4.78, 5) is 22.3. The average molecular weight is 232 g/mol. The highest BCUT2D eigenvalue weighted by Gasteiger charge is 2.92. The van der Waals surface area contributed by atoms with E-state index in [-0.39, 0.29) is 5.92 Å². The lowest BCUT2D eigenvalue weighted by Gasteiger charge is -2.24. The van der Waals surface area contributed by atoms with Crippen LogP contribution in [0.4, 0.5) is 0 Å². The molecule has 6 heteroatoms. The van der Waals surface area contributed by atoms with Crippen LogP contribution < -0.4 is 5.73 Å². The van der Waals surface area contributed by atoms with Gasteiger partial charge < -0.3 is 15.9 Å². The van der Waals surface area contributed by atoms with E-state index in [0.29, 0.717) is 6.42 Å². The van der Waals surface area contributed by atoms with Gasteiger partial charge in [-0.1, -0.05) is 0 Å². The molecule has 0 amide bonds. The number of nitrogens with two attached hydrogens (primary N) is 1. The summed E-state index contributed by atoms with van der Waals surface area (Å²) in [6, 6.07) is 0. The molecule has 15 heavy (non-hydrogen) atoms. The van der Waals surface area contributed by atoms with E-state index in [1.54, 1.807) is 0 Å². The predicted molar refractivity (Wildman–Crippen MR) is 49.4 cm³/mol. The van der Waals surface area contributed by atoms with E-state index >= 15 is 0 Å². The molecule has 4 N–H and O–H groups in total. The second kappa shape index (κ2) is 2.15. The molecule has 0 saturated heterocycles. The smallest absolute Gasteiger partial charge is 0.324 e. The van der Waals surface area contributed by atoms with Crippen molar-refractivity contribution in [2.45, 2.75) is 17.3 Å². The predicted octanol–water partition coefficient (Wildman–Crippen LogP) is -0.274. The molecule has 4 saturated carbocycles. The van der Waals surface area contributed by atoms with E-state index < -0.39 is 40.1 Å². The number of carboxylic acids is 2. The van der Waals surface area contributed by atoms with Crippen molar-refractivity contribution in [3.8, 4) is 0 Å². The molecule has 0 heterocycles. The van der Waals surface area contributed by atoms with Crippen molar-refractivity contribution in [1.29, 1.82) is 0 Å². The minimum absolute atomic E-state index is 0.247. The summed E-state index contributed by atoms with van der Waals surface area (Å²) in [5.41, 5.74) is 3.48. The van der Waals surface area contributed by atoms with Gasteiger partial charge in [-0.15, -0.1) is 11.6 Å². The van der Waals surface area contributed by atoms with Gasteiger partial charge in [-0.3, -0.25) is 9.59 Å². The molecule has 6 atom stereocenters. The lowest BCUT2D eigenvalue weighted by molar-refractivity contribution is -0.145. The van der Waals surface area contributed by atoms with Crippen LogP contribution in [0.3, 0.4) is 0 Å². The number of aliphatic carboxylic acids is 2. The fourth-order valence-corrected chi connectivity index (χ4v) is 4.64. The van der Waals surface area contributed by atoms with Gasteiger partial charge in [0.2, 0.25) is 0 Å². The first kappa shape index (κ1) is 9.42. The molecule has 5 unspecified atom stereocenters. The standard InChI is InChI=1S/C9H10ClNO4/c10-4-2-1-8(6(12)13)3(4)5(8)9(2,11)7(14)15/h2-5H,1,11H2,(H,12,13)(H,14,15)/t2?,3?,4?,5?,8?,9-/m0/s1. The Morgan fingerprint density at radius 1 is 1.33 bits per heavy atom. The summed E-state index contributed by atoms with van der Waals surface area (Å²) >= 11 is 6.05. The molecular formula is C9H10ClNO4. The minimum atomic E-state index is -1.42. The van der Waals surface area contributed by atoms with Crippen molar-refractivity contribution in [3.63, 3.8) is 0 Å². The van der Waals surface area contributed by atoms with E-state index in [4.69, 9.17) is 27.5 Å². The molecule has 4 rings (SSSR count). The highest BCUT2D eigenvalue weighted by Crippen LogP contribution is 2.82. The van der Waals surface area contributed by atoms with Gasteiger partial charge in [0.15, 0.2) is 0 Å². The zero-order chi connectivity index (χ0) is 11.2. The summed E-state index contributed by atoms with van der Waals surface area (Å²) in [7, 11) is 0. The van der Waals surface area contributed by atoms with Crippen LogP contribution in [0.25, 0.3) is 0 Å². The van der Waals surface area contributed by atoms with Crippen LogP contribution in [0.1, 0.15) is 6.42 Å². The van der Waals surface area contributed by atoms with E-state index in [1.165, 1.54) is 0 Å². The summed E-state index contributed by atoms with van der Waals surface area (Å²) in [5, 5.41) is 17.8. The number of rotatable bonds is 2. The Labute approximate surface area is 90.2 Å². The molecule has 0 aromatic heterocycles. The Bertz CT molecular complexity index is 400. The van der Waals surface area contributed by atoms with Crippen LogP contribution in [-0.2, 0) is 9.59 Å². The van der Waals surface area contributed by atoms with Crippen LogP contribution >= 0.6 is 11.6 Å². The van der Waals surface area contributed by atoms with Gasteiger partial charge in [0, 0.05) is 17.2 Å². The first-order valence-corrected chi connectivity index (χ1v) is 5.22. The summed E-state index contributed by atoms with van der Waals surface area (Å²) in [5.74, 6) is -3.19. The van der Waals surface area contributed by atoms with E-state index in [9.17, 15) is 9.59 Å². The molecule has 0 aromatic rings. The highest BCUT2D eigenvalue weighted by atomic mass is 35.5. The van der Waals surface area contributed by atoms with Gasteiger partial charge in [-0.2, -0.15) is 0 Å². The van der Waals surface area contributed by atoms with Crippen molar-refractivity contribution in [2.24, 2.45) is 28.9 Å². The molecule has 0 aliphatic heterocycles. The normalized spacial score (nSPS) is 59.3. The second-order valence-corrected chi connectivity index (χ2v) is 5.35. The lowest BCUT2D eigenvalue weighted by Crippen LogP contribution is -2.52. The Morgan fingerprint density at radius 3 is 2.20 bits per heavy atom. The molecule has 0 spiro atoms. The Kier molecular flexibility index (Phi) is 1.35. The van der Waals surface area contributed by atoms with Crippen LogP contribution in [0.2, 0.25) is 0 Å². The van der Waals surface area contributed by atoms with Crippen LogP contribution in [0, 0.1) is 23.2 Å². The number of alkyl halides is 1. The molecular weight excluding hydrogens is 222 g/mol. The summed E-state index contributed by atoms with van der Waals surface area (Å²) in [6.07, 6.45) is 0.314. The Balaban J connectivity index is 2.10. The molecule has 4 aliphatic rings. The SMILES string of the molecule is N[C@@]1(C(=O)O)C2CC3(C(=O)O)C(C2Cl)C31. The first-order chi connectivity index (χ1) is 6.88. The van der Waals surface area contributed by atoms with Crippen molar-refractivity contribution >= 4 is 23.5 Å². The van der Waals surface area contributed by atoms with Crippen LogP contribution in [-0.4, -0.2) is 33.1 Å². The van der Waals surface area contributed by atoms with Crippen LogP contribution in [0.15, 0.2) is 0 Å². The lowest BCUT2D eigenvalue weighted by atomic mass is 9.89. The van der Waals surface area contributed by atoms with Crippen molar-refractivity contribution in [2.75, 3.05) is 0 Å². The number of halogens is 1. The molecule has 4 aliphatic carbocycles. The largest absolute Gasteiger partial charge is 0.481 e. The maximum atomic E-state index is 11.2. The fraction of sp³-hybridized carbons (Fsp3) is 0.778. The molecule has 4 bridgehead atoms. The topological polar surface area (TPSA) is 101 Å². The van der Waals surface area contributed by atoms with Gasteiger partial charge in [0.1, 0.15) is 5.54 Å². The number of carbonyl (C=O) groups is 2. The van der Waals surface area contributed by atoms with Gasteiger partial charge in [0.05, 0.1) is 5.41 Å². The number of hydrogen-bond donors (Lipinski definition) is 3. The van der Waals surface area contributed by atoms with E-state index in [1.807, 2.05) is 0 Å². The third-order valence-corrected chi connectivity index (χ3v) is 5.16. The van der Waals surface area contributed by atoms with Crippen molar-refractivity contribution in [3.05, 3.63) is 0 Å². The maximum absolute atomic E-state index is 11.2. The minimum Gasteiger partial charge on any atom is -0.481 e. The van der Waals surface area contributed by atoms with Gasteiger partial charge in [-0.05, 0) is 12.3 Å². The second-order valence-electron chi connectivity index (χ2n) is 4.84. The summed E-state index contributed by atoms with van der Waals surface area (Å²) in [6.45, 7) is 0. The van der Waals surface area contributed by atoms with Gasteiger partial charge in [-0.25, -0.2) is 0 Å². The summed E-state index contributed by atoms with van der Waals surface area (Å²) < 4.78 is 0. The zero-order valence-electron chi connectivity index (χ0n) is 7.68. The Hall–Kier alpha value is -0.810. The van der Waals surface area contributed by atoms with E-state index in [2.05, 4.69) is 0 Å². The molecule has 4 fully saturated rings.